The molecule has 0 aliphatic heterocycles. The van der Waals surface area contributed by atoms with E-state index >= 15 is 0 Å². The topological polar surface area (TPSA) is 9.23 Å². The van der Waals surface area contributed by atoms with Crippen LogP contribution < -0.4 is 4.74 Å². The van der Waals surface area contributed by atoms with Crippen molar-refractivity contribution in [2.45, 2.75) is 10.6 Å². The molecule has 0 radical (unpaired) electrons. The fraction of sp³-hybridized carbons (Fsp3) is 0.143. The lowest BCUT2D eigenvalue weighted by Gasteiger charge is -2.08. The molecule has 5 heteroatoms. The van der Waals surface area contributed by atoms with Gasteiger partial charge in [0.25, 0.3) is 0 Å². The van der Waals surface area contributed by atoms with Gasteiger partial charge in [-0.15, -0.1) is 11.8 Å². The summed E-state index contributed by atoms with van der Waals surface area (Å²) in [5.41, 5.74) is 1.18. The van der Waals surface area contributed by atoms with Gasteiger partial charge in [0.05, 0.1) is 17.2 Å². The van der Waals surface area contributed by atoms with Gasteiger partial charge in [-0.05, 0) is 42.0 Å². The summed E-state index contributed by atoms with van der Waals surface area (Å²) in [5, 5.41) is 1.16. The molecule has 0 unspecified atom stereocenters. The van der Waals surface area contributed by atoms with Crippen molar-refractivity contribution in [2.24, 2.45) is 0 Å². The lowest BCUT2D eigenvalue weighted by atomic mass is 10.2. The number of halogens is 3. The third-order valence-electron chi connectivity index (χ3n) is 2.54. The lowest BCUT2D eigenvalue weighted by molar-refractivity contribution is 0.414. The Morgan fingerprint density at radius 3 is 2.58 bits per heavy atom. The molecule has 100 valence electrons. The van der Waals surface area contributed by atoms with Crippen LogP contribution in [0.25, 0.3) is 0 Å². The fourth-order valence-electron chi connectivity index (χ4n) is 1.52. The summed E-state index contributed by atoms with van der Waals surface area (Å²) in [6, 6.07) is 11.6. The van der Waals surface area contributed by atoms with E-state index in [2.05, 4.69) is 15.9 Å². The molecule has 0 saturated carbocycles. The number of hydrogen-bond acceptors (Lipinski definition) is 2. The Kier molecular flexibility index (Phi) is 5.46. The van der Waals surface area contributed by atoms with Crippen molar-refractivity contribution in [3.05, 3.63) is 56.5 Å². The summed E-state index contributed by atoms with van der Waals surface area (Å²) in [6.45, 7) is 0. The first kappa shape index (κ1) is 15.0. The van der Waals surface area contributed by atoms with Crippen LogP contribution >= 0.6 is 50.9 Å². The quantitative estimate of drug-likeness (QED) is 0.599. The number of hydrogen-bond donors (Lipinski definition) is 0. The van der Waals surface area contributed by atoms with Crippen molar-refractivity contribution in [1.82, 2.24) is 0 Å². The molecule has 0 aliphatic rings. The SMILES string of the molecule is COc1ccc(Br)c(CSc2ccc(Cl)c(Cl)c2)c1. The summed E-state index contributed by atoms with van der Waals surface area (Å²) < 4.78 is 6.30. The minimum Gasteiger partial charge on any atom is -0.497 e. The summed E-state index contributed by atoms with van der Waals surface area (Å²) in [4.78, 5) is 1.09. The van der Waals surface area contributed by atoms with E-state index in [1.807, 2.05) is 36.4 Å². The predicted molar refractivity (Wildman–Crippen MR) is 86.7 cm³/mol. The minimum atomic E-state index is 0.577. The van der Waals surface area contributed by atoms with Crippen molar-refractivity contribution in [2.75, 3.05) is 7.11 Å². The summed E-state index contributed by atoms with van der Waals surface area (Å²) >= 11 is 17.1. The molecule has 0 heterocycles. The van der Waals surface area contributed by atoms with Crippen LogP contribution in [0.2, 0.25) is 10.0 Å². The Bertz CT molecular complexity index is 590. The monoisotopic (exact) mass is 376 g/mol. The van der Waals surface area contributed by atoms with Gasteiger partial charge in [0, 0.05) is 15.1 Å². The maximum atomic E-state index is 6.00. The molecule has 0 aliphatic carbocycles. The van der Waals surface area contributed by atoms with Gasteiger partial charge < -0.3 is 4.74 Å². The molecular formula is C14H11BrCl2OS. The third-order valence-corrected chi connectivity index (χ3v) is 5.09. The Morgan fingerprint density at radius 2 is 1.89 bits per heavy atom. The molecule has 0 spiro atoms. The highest BCUT2D eigenvalue weighted by Crippen LogP contribution is 2.32. The highest BCUT2D eigenvalue weighted by atomic mass is 79.9. The van der Waals surface area contributed by atoms with Crippen LogP contribution in [-0.2, 0) is 5.75 Å². The second kappa shape index (κ2) is 6.89. The van der Waals surface area contributed by atoms with E-state index in [0.29, 0.717) is 10.0 Å². The molecule has 2 aromatic carbocycles. The molecule has 19 heavy (non-hydrogen) atoms. The normalized spacial score (nSPS) is 10.5. The van der Waals surface area contributed by atoms with Gasteiger partial charge >= 0.3 is 0 Å². The van der Waals surface area contributed by atoms with E-state index in [9.17, 15) is 0 Å². The van der Waals surface area contributed by atoms with E-state index in [-0.39, 0.29) is 0 Å². The number of benzene rings is 2. The van der Waals surface area contributed by atoms with E-state index in [4.69, 9.17) is 27.9 Å². The van der Waals surface area contributed by atoms with Crippen molar-refractivity contribution in [1.29, 1.82) is 0 Å². The largest absolute Gasteiger partial charge is 0.497 e. The zero-order valence-electron chi connectivity index (χ0n) is 10.1. The van der Waals surface area contributed by atoms with Gasteiger partial charge in [-0.1, -0.05) is 39.1 Å². The highest BCUT2D eigenvalue weighted by molar-refractivity contribution is 9.10. The molecule has 0 amide bonds. The molecule has 0 bridgehead atoms. The Balaban J connectivity index is 2.11. The van der Waals surface area contributed by atoms with Crippen molar-refractivity contribution < 1.29 is 4.74 Å². The Morgan fingerprint density at radius 1 is 1.11 bits per heavy atom. The summed E-state index contributed by atoms with van der Waals surface area (Å²) in [7, 11) is 1.67. The summed E-state index contributed by atoms with van der Waals surface area (Å²) in [6.07, 6.45) is 0. The molecule has 0 saturated heterocycles. The van der Waals surface area contributed by atoms with Crippen LogP contribution in [0.3, 0.4) is 0 Å². The van der Waals surface area contributed by atoms with Crippen LogP contribution in [0, 0.1) is 0 Å². The maximum absolute atomic E-state index is 6.00. The molecule has 0 N–H and O–H groups in total. The van der Waals surface area contributed by atoms with Gasteiger partial charge in [0.15, 0.2) is 0 Å². The van der Waals surface area contributed by atoms with Gasteiger partial charge in [-0.25, -0.2) is 0 Å². The second-order valence-electron chi connectivity index (χ2n) is 3.82. The van der Waals surface area contributed by atoms with E-state index in [0.717, 1.165) is 20.9 Å². The number of ether oxygens (including phenoxy) is 1. The second-order valence-corrected chi connectivity index (χ2v) is 6.54. The molecule has 1 nitrogen and oxygen atoms in total. The molecule has 0 atom stereocenters. The molecule has 2 rings (SSSR count). The van der Waals surface area contributed by atoms with Crippen molar-refractivity contribution in [3.8, 4) is 5.75 Å². The lowest BCUT2D eigenvalue weighted by Crippen LogP contribution is -1.87. The first-order chi connectivity index (χ1) is 9.10. The summed E-state index contributed by atoms with van der Waals surface area (Å²) in [5.74, 6) is 1.68. The van der Waals surface area contributed by atoms with Crippen molar-refractivity contribution in [3.63, 3.8) is 0 Å². The third kappa shape index (κ3) is 4.06. The molecule has 2 aromatic rings. The molecular weight excluding hydrogens is 367 g/mol. The van der Waals surface area contributed by atoms with Gasteiger partial charge in [-0.3, -0.25) is 0 Å². The highest BCUT2D eigenvalue weighted by Gasteiger charge is 2.05. The van der Waals surface area contributed by atoms with Crippen LogP contribution in [0.5, 0.6) is 5.75 Å². The Hall–Kier alpha value is -0.350. The van der Waals surface area contributed by atoms with E-state index < -0.39 is 0 Å². The van der Waals surface area contributed by atoms with Crippen LogP contribution in [0.1, 0.15) is 5.56 Å². The Labute approximate surface area is 135 Å². The van der Waals surface area contributed by atoms with Crippen LogP contribution in [0.4, 0.5) is 0 Å². The smallest absolute Gasteiger partial charge is 0.119 e. The van der Waals surface area contributed by atoms with E-state index in [1.165, 1.54) is 5.56 Å². The van der Waals surface area contributed by atoms with Gasteiger partial charge in [0.1, 0.15) is 5.75 Å². The van der Waals surface area contributed by atoms with Gasteiger partial charge in [-0.2, -0.15) is 0 Å². The van der Waals surface area contributed by atoms with Crippen LogP contribution in [-0.4, -0.2) is 7.11 Å². The average Bonchev–Trinajstić information content (AvgIpc) is 2.41. The van der Waals surface area contributed by atoms with Crippen LogP contribution in [0.15, 0.2) is 45.8 Å². The standard InChI is InChI=1S/C14H11BrCl2OS/c1-18-10-2-4-12(15)9(6-10)8-19-11-3-5-13(16)14(17)7-11/h2-7H,8H2,1H3. The number of rotatable bonds is 4. The predicted octanol–water partition coefficient (Wildman–Crippen LogP) is 6.06. The number of thioether (sulfide) groups is 1. The number of methoxy groups -OCH3 is 1. The first-order valence-corrected chi connectivity index (χ1v) is 8.04. The fourth-order valence-corrected chi connectivity index (χ4v) is 3.38. The average molecular weight is 378 g/mol. The minimum absolute atomic E-state index is 0.577. The van der Waals surface area contributed by atoms with E-state index in [1.54, 1.807) is 18.9 Å². The van der Waals surface area contributed by atoms with Crippen molar-refractivity contribution >= 4 is 50.9 Å². The zero-order chi connectivity index (χ0) is 13.8. The van der Waals surface area contributed by atoms with Gasteiger partial charge in [0.2, 0.25) is 0 Å². The molecule has 0 aromatic heterocycles. The zero-order valence-corrected chi connectivity index (χ0v) is 14.0. The maximum Gasteiger partial charge on any atom is 0.119 e. The molecule has 0 fully saturated rings. The first-order valence-electron chi connectivity index (χ1n) is 5.50.